The summed E-state index contributed by atoms with van der Waals surface area (Å²) in [6, 6.07) is 6.47. The first-order valence-corrected chi connectivity index (χ1v) is 19.0. The van der Waals surface area contributed by atoms with E-state index in [2.05, 4.69) is 40.7 Å². The van der Waals surface area contributed by atoms with Crippen LogP contribution in [0.4, 0.5) is 4.79 Å². The summed E-state index contributed by atoms with van der Waals surface area (Å²) < 4.78 is 17.0. The molecule has 0 bridgehead atoms. The Kier molecular flexibility index (Phi) is 12.0. The zero-order valence-corrected chi connectivity index (χ0v) is 29.9. The van der Waals surface area contributed by atoms with Gasteiger partial charge in [-0.15, -0.1) is 0 Å². The maximum absolute atomic E-state index is 12.6. The fraction of sp³-hybridized carbons (Fsp3) is 0.756. The molecular formula is C41H62O6. The van der Waals surface area contributed by atoms with Gasteiger partial charge in [0.15, 0.2) is 0 Å². The van der Waals surface area contributed by atoms with Crippen molar-refractivity contribution in [3.8, 4) is 5.75 Å². The average Bonchev–Trinajstić information content (AvgIpc) is 3.40. The van der Waals surface area contributed by atoms with Crippen molar-refractivity contribution in [3.05, 3.63) is 41.5 Å². The van der Waals surface area contributed by atoms with Crippen LogP contribution >= 0.6 is 0 Å². The van der Waals surface area contributed by atoms with Gasteiger partial charge in [0.25, 0.3) is 0 Å². The Morgan fingerprint density at radius 1 is 0.872 bits per heavy atom. The lowest BCUT2D eigenvalue weighted by atomic mass is 9.47. The van der Waals surface area contributed by atoms with Crippen molar-refractivity contribution < 1.29 is 28.9 Å². The lowest BCUT2D eigenvalue weighted by molar-refractivity contribution is -0.0617. The van der Waals surface area contributed by atoms with Crippen LogP contribution in [0.1, 0.15) is 141 Å². The standard InChI is InChI=1S/C41H62O6/c1-28(2)11-10-12-29(3)35-19-20-36-34-18-15-31-27-33(21-23-40(31,4)37(34)22-24-41(35,36)5)47-39(44)46-26-9-7-6-8-25-45-32-16-13-30(14-17-32)38(42)43/h13-17,28-29,33-37H,6-12,18-27H2,1-5H3,(H,42,43)/t29-,33?,34+,35-,36+,37+,40+,41-/m1/s1. The van der Waals surface area contributed by atoms with Gasteiger partial charge < -0.3 is 19.3 Å². The number of fused-ring (bicyclic) bond motifs is 5. The van der Waals surface area contributed by atoms with Crippen molar-refractivity contribution in [1.29, 1.82) is 0 Å². The van der Waals surface area contributed by atoms with E-state index in [0.29, 0.717) is 24.4 Å². The van der Waals surface area contributed by atoms with Gasteiger partial charge in [0.05, 0.1) is 18.8 Å². The van der Waals surface area contributed by atoms with E-state index >= 15 is 0 Å². The van der Waals surface area contributed by atoms with Gasteiger partial charge in [-0.3, -0.25) is 0 Å². The average molecular weight is 651 g/mol. The molecule has 0 radical (unpaired) electrons. The molecule has 4 aliphatic carbocycles. The molecule has 262 valence electrons. The van der Waals surface area contributed by atoms with Crippen LogP contribution in [0.25, 0.3) is 0 Å². The topological polar surface area (TPSA) is 82.1 Å². The van der Waals surface area contributed by atoms with Gasteiger partial charge in [0.1, 0.15) is 11.9 Å². The molecule has 8 atom stereocenters. The third-order valence-corrected chi connectivity index (χ3v) is 13.2. The molecule has 0 heterocycles. The fourth-order valence-electron chi connectivity index (χ4n) is 10.5. The van der Waals surface area contributed by atoms with Crippen molar-refractivity contribution in [2.75, 3.05) is 13.2 Å². The molecular weight excluding hydrogens is 588 g/mol. The third-order valence-electron chi connectivity index (χ3n) is 13.2. The molecule has 6 nitrogen and oxygen atoms in total. The molecule has 1 N–H and O–H groups in total. The zero-order chi connectivity index (χ0) is 33.6. The lowest BCUT2D eigenvalue weighted by Crippen LogP contribution is -2.51. The number of carbonyl (C=O) groups is 2. The first-order chi connectivity index (χ1) is 22.5. The number of benzene rings is 1. The SMILES string of the molecule is CC(C)CCC[C@@H](C)[C@H]1CC[C@H]2[C@@H]3CC=C4CC(OC(=O)OCCCCCCOc5ccc(C(=O)O)cc5)CC[C@]4(C)[C@H]3CC[C@]12C. The highest BCUT2D eigenvalue weighted by Gasteiger charge is 2.59. The van der Waals surface area contributed by atoms with Crippen LogP contribution in [0.5, 0.6) is 5.75 Å². The number of hydrogen-bond acceptors (Lipinski definition) is 5. The minimum atomic E-state index is -0.940. The van der Waals surface area contributed by atoms with Gasteiger partial charge in [0.2, 0.25) is 0 Å². The predicted molar refractivity (Wildman–Crippen MR) is 187 cm³/mol. The highest BCUT2D eigenvalue weighted by atomic mass is 16.7. The summed E-state index contributed by atoms with van der Waals surface area (Å²) in [4.78, 5) is 23.5. The summed E-state index contributed by atoms with van der Waals surface area (Å²) >= 11 is 0. The first kappa shape index (κ1) is 35.8. The molecule has 0 amide bonds. The maximum Gasteiger partial charge on any atom is 0.508 e. The van der Waals surface area contributed by atoms with E-state index in [4.69, 9.17) is 19.3 Å². The van der Waals surface area contributed by atoms with E-state index in [1.54, 1.807) is 29.8 Å². The van der Waals surface area contributed by atoms with Gasteiger partial charge in [-0.2, -0.15) is 0 Å². The second-order valence-electron chi connectivity index (χ2n) is 16.5. The van der Waals surface area contributed by atoms with Gasteiger partial charge >= 0.3 is 12.1 Å². The molecule has 47 heavy (non-hydrogen) atoms. The predicted octanol–water partition coefficient (Wildman–Crippen LogP) is 10.9. The van der Waals surface area contributed by atoms with Crippen molar-refractivity contribution in [1.82, 2.24) is 0 Å². The zero-order valence-electron chi connectivity index (χ0n) is 29.9. The Labute approximate surface area is 284 Å². The number of hydrogen-bond donors (Lipinski definition) is 1. The van der Waals surface area contributed by atoms with Crippen LogP contribution in [0.3, 0.4) is 0 Å². The van der Waals surface area contributed by atoms with E-state index in [1.165, 1.54) is 51.4 Å². The number of unbranched alkanes of at least 4 members (excludes halogenated alkanes) is 3. The molecule has 1 aromatic rings. The van der Waals surface area contributed by atoms with E-state index in [-0.39, 0.29) is 17.1 Å². The molecule has 0 spiro atoms. The van der Waals surface area contributed by atoms with Gasteiger partial charge in [-0.05, 0) is 141 Å². The summed E-state index contributed by atoms with van der Waals surface area (Å²) in [5.41, 5.74) is 2.56. The Bertz CT molecular complexity index is 1220. The van der Waals surface area contributed by atoms with Crippen molar-refractivity contribution >= 4 is 12.1 Å². The lowest BCUT2D eigenvalue weighted by Gasteiger charge is -2.58. The van der Waals surface area contributed by atoms with E-state index in [0.717, 1.165) is 80.5 Å². The summed E-state index contributed by atoms with van der Waals surface area (Å²) in [5.74, 6) is 4.73. The molecule has 3 fully saturated rings. The largest absolute Gasteiger partial charge is 0.508 e. The minimum Gasteiger partial charge on any atom is -0.494 e. The highest BCUT2D eigenvalue weighted by Crippen LogP contribution is 2.67. The number of allylic oxidation sites excluding steroid dienone is 1. The van der Waals surface area contributed by atoms with Crippen molar-refractivity contribution in [3.63, 3.8) is 0 Å². The number of rotatable bonds is 15. The van der Waals surface area contributed by atoms with Crippen molar-refractivity contribution in [2.45, 2.75) is 137 Å². The molecule has 3 saturated carbocycles. The second-order valence-corrected chi connectivity index (χ2v) is 16.5. The monoisotopic (exact) mass is 650 g/mol. The molecule has 0 saturated heterocycles. The van der Waals surface area contributed by atoms with Gasteiger partial charge in [-0.25, -0.2) is 9.59 Å². The fourth-order valence-corrected chi connectivity index (χ4v) is 10.5. The van der Waals surface area contributed by atoms with Crippen LogP contribution in [0, 0.1) is 46.3 Å². The van der Waals surface area contributed by atoms with Crippen LogP contribution in [0.2, 0.25) is 0 Å². The maximum atomic E-state index is 12.6. The van der Waals surface area contributed by atoms with Crippen LogP contribution < -0.4 is 4.74 Å². The van der Waals surface area contributed by atoms with E-state index < -0.39 is 12.1 Å². The molecule has 6 heteroatoms. The van der Waals surface area contributed by atoms with Gasteiger partial charge in [-0.1, -0.05) is 65.5 Å². The third kappa shape index (κ3) is 8.39. The molecule has 0 aromatic heterocycles. The Balaban J connectivity index is 1.01. The van der Waals surface area contributed by atoms with Gasteiger partial charge in [0, 0.05) is 6.42 Å². The number of aromatic carboxylic acids is 1. The number of carbonyl (C=O) groups excluding carboxylic acids is 1. The van der Waals surface area contributed by atoms with Crippen LogP contribution in [0.15, 0.2) is 35.9 Å². The van der Waals surface area contributed by atoms with Crippen molar-refractivity contribution in [2.24, 2.45) is 46.3 Å². The normalized spacial score (nSPS) is 32.0. The first-order valence-electron chi connectivity index (χ1n) is 19.0. The summed E-state index contributed by atoms with van der Waals surface area (Å²) in [6.45, 7) is 13.4. The molecule has 0 aliphatic heterocycles. The second kappa shape index (κ2) is 15.8. The van der Waals surface area contributed by atoms with E-state index in [1.807, 2.05) is 0 Å². The number of carboxylic acids is 1. The summed E-state index contributed by atoms with van der Waals surface area (Å²) in [5, 5.41) is 8.99. The number of ether oxygens (including phenoxy) is 3. The summed E-state index contributed by atoms with van der Waals surface area (Å²) in [6.07, 6.45) is 19.5. The Morgan fingerprint density at radius 3 is 2.34 bits per heavy atom. The van der Waals surface area contributed by atoms with E-state index in [9.17, 15) is 9.59 Å². The highest BCUT2D eigenvalue weighted by molar-refractivity contribution is 5.87. The number of carboxylic acid groups (broad SMARTS) is 1. The summed E-state index contributed by atoms with van der Waals surface area (Å²) in [7, 11) is 0. The molecule has 4 aliphatic rings. The molecule has 1 unspecified atom stereocenters. The Morgan fingerprint density at radius 2 is 1.62 bits per heavy atom. The smallest absolute Gasteiger partial charge is 0.494 e. The Hall–Kier alpha value is -2.50. The molecule has 1 aromatic carbocycles. The minimum absolute atomic E-state index is 0.0727. The van der Waals surface area contributed by atoms with Crippen LogP contribution in [-0.4, -0.2) is 36.5 Å². The molecule has 5 rings (SSSR count). The quantitative estimate of drug-likeness (QED) is 0.116. The van der Waals surface area contributed by atoms with Crippen LogP contribution in [-0.2, 0) is 9.47 Å².